The van der Waals surface area contributed by atoms with Crippen LogP contribution in [0.1, 0.15) is 43.7 Å². The van der Waals surface area contributed by atoms with Crippen molar-refractivity contribution in [3.05, 3.63) is 29.3 Å². The summed E-state index contributed by atoms with van der Waals surface area (Å²) in [7, 11) is 1.67. The molecule has 1 aromatic carbocycles. The minimum absolute atomic E-state index is 0.430. The van der Waals surface area contributed by atoms with Gasteiger partial charge in [0.2, 0.25) is 0 Å². The second-order valence-electron chi connectivity index (χ2n) is 5.54. The van der Waals surface area contributed by atoms with E-state index in [4.69, 9.17) is 15.2 Å². The molecule has 0 spiro atoms. The van der Waals surface area contributed by atoms with Gasteiger partial charge in [0.1, 0.15) is 5.75 Å². The highest BCUT2D eigenvalue weighted by atomic mass is 16.5. The molecular weight excluding hydrogens is 238 g/mol. The summed E-state index contributed by atoms with van der Waals surface area (Å²) in [6.07, 6.45) is 5.41. The molecule has 3 heteroatoms. The number of nitrogens with two attached hydrogens (primary N) is 1. The summed E-state index contributed by atoms with van der Waals surface area (Å²) in [6, 6.07) is 6.12. The molecule has 1 saturated carbocycles. The number of hydrogen-bond donors (Lipinski definition) is 1. The second kappa shape index (κ2) is 6.92. The van der Waals surface area contributed by atoms with Gasteiger partial charge in [-0.15, -0.1) is 0 Å². The van der Waals surface area contributed by atoms with Gasteiger partial charge in [0, 0.05) is 12.1 Å². The molecule has 0 atom stereocenters. The van der Waals surface area contributed by atoms with E-state index in [-0.39, 0.29) is 0 Å². The highest BCUT2D eigenvalue weighted by molar-refractivity contribution is 5.36. The van der Waals surface area contributed by atoms with Crippen molar-refractivity contribution in [1.29, 1.82) is 0 Å². The summed E-state index contributed by atoms with van der Waals surface area (Å²) in [5, 5.41) is 0. The Balaban J connectivity index is 1.89. The number of hydrogen-bond acceptors (Lipinski definition) is 3. The number of methoxy groups -OCH3 is 1. The topological polar surface area (TPSA) is 44.5 Å². The molecule has 3 nitrogen and oxygen atoms in total. The van der Waals surface area contributed by atoms with Gasteiger partial charge in [0.15, 0.2) is 0 Å². The summed E-state index contributed by atoms with van der Waals surface area (Å²) in [4.78, 5) is 0. The van der Waals surface area contributed by atoms with Crippen LogP contribution in [0.3, 0.4) is 0 Å². The van der Waals surface area contributed by atoms with E-state index in [1.165, 1.54) is 31.2 Å². The third-order valence-electron chi connectivity index (χ3n) is 4.01. The fourth-order valence-corrected chi connectivity index (χ4v) is 2.69. The molecule has 0 aromatic heterocycles. The van der Waals surface area contributed by atoms with E-state index in [0.29, 0.717) is 19.3 Å². The van der Waals surface area contributed by atoms with Gasteiger partial charge in [-0.1, -0.05) is 13.0 Å². The van der Waals surface area contributed by atoms with Crippen LogP contribution in [0, 0.1) is 5.92 Å². The number of benzene rings is 1. The van der Waals surface area contributed by atoms with Crippen LogP contribution < -0.4 is 10.5 Å². The van der Waals surface area contributed by atoms with Crippen molar-refractivity contribution in [2.75, 3.05) is 7.11 Å². The predicted molar refractivity (Wildman–Crippen MR) is 77.1 cm³/mol. The lowest BCUT2D eigenvalue weighted by Gasteiger charge is -2.26. The molecule has 1 aliphatic carbocycles. The average molecular weight is 263 g/mol. The molecule has 0 bridgehead atoms. The zero-order valence-corrected chi connectivity index (χ0v) is 12.0. The Labute approximate surface area is 116 Å². The highest BCUT2D eigenvalue weighted by Gasteiger charge is 2.18. The molecule has 2 rings (SSSR count). The summed E-state index contributed by atoms with van der Waals surface area (Å²) in [5.74, 6) is 1.72. The maximum atomic E-state index is 6.01. The van der Waals surface area contributed by atoms with Crippen LogP contribution in [0.5, 0.6) is 5.75 Å². The quantitative estimate of drug-likeness (QED) is 0.887. The van der Waals surface area contributed by atoms with E-state index in [0.717, 1.165) is 17.2 Å². The van der Waals surface area contributed by atoms with Crippen LogP contribution in [-0.2, 0) is 17.9 Å². The van der Waals surface area contributed by atoms with Gasteiger partial charge in [-0.2, -0.15) is 0 Å². The van der Waals surface area contributed by atoms with E-state index in [2.05, 4.69) is 19.1 Å². The first-order valence-electron chi connectivity index (χ1n) is 7.20. The predicted octanol–water partition coefficient (Wildman–Crippen LogP) is 3.25. The van der Waals surface area contributed by atoms with E-state index in [1.807, 2.05) is 6.07 Å². The fraction of sp³-hybridized carbons (Fsp3) is 0.625. The smallest absolute Gasteiger partial charge is 0.123 e. The summed E-state index contributed by atoms with van der Waals surface area (Å²) >= 11 is 0. The molecular formula is C16H25NO2. The monoisotopic (exact) mass is 263 g/mol. The fourth-order valence-electron chi connectivity index (χ4n) is 2.69. The maximum Gasteiger partial charge on any atom is 0.123 e. The van der Waals surface area contributed by atoms with Crippen molar-refractivity contribution in [1.82, 2.24) is 0 Å². The van der Waals surface area contributed by atoms with Crippen LogP contribution in [0.2, 0.25) is 0 Å². The third-order valence-corrected chi connectivity index (χ3v) is 4.01. The molecule has 2 N–H and O–H groups in total. The lowest BCUT2D eigenvalue weighted by atomic mass is 9.89. The Morgan fingerprint density at radius 3 is 2.58 bits per heavy atom. The lowest BCUT2D eigenvalue weighted by Crippen LogP contribution is -2.20. The summed E-state index contributed by atoms with van der Waals surface area (Å²) in [6.45, 7) is 3.50. The first-order valence-corrected chi connectivity index (χ1v) is 7.20. The second-order valence-corrected chi connectivity index (χ2v) is 5.54. The lowest BCUT2D eigenvalue weighted by molar-refractivity contribution is 0.00874. The first-order chi connectivity index (χ1) is 9.22. The molecule has 0 heterocycles. The van der Waals surface area contributed by atoms with Crippen molar-refractivity contribution in [2.45, 2.75) is 51.9 Å². The van der Waals surface area contributed by atoms with Gasteiger partial charge in [-0.25, -0.2) is 0 Å². The number of rotatable bonds is 5. The summed E-state index contributed by atoms with van der Waals surface area (Å²) in [5.41, 5.74) is 7.95. The third kappa shape index (κ3) is 3.95. The van der Waals surface area contributed by atoms with Gasteiger partial charge >= 0.3 is 0 Å². The molecule has 19 heavy (non-hydrogen) atoms. The molecule has 106 valence electrons. The Bertz CT molecular complexity index is 398. The maximum absolute atomic E-state index is 6.01. The molecule has 0 amide bonds. The van der Waals surface area contributed by atoms with Crippen molar-refractivity contribution in [3.8, 4) is 5.75 Å². The highest BCUT2D eigenvalue weighted by Crippen LogP contribution is 2.27. The van der Waals surface area contributed by atoms with E-state index < -0.39 is 0 Å². The zero-order valence-electron chi connectivity index (χ0n) is 12.0. The van der Waals surface area contributed by atoms with Crippen LogP contribution in [0.25, 0.3) is 0 Å². The zero-order chi connectivity index (χ0) is 13.7. The van der Waals surface area contributed by atoms with Crippen molar-refractivity contribution in [2.24, 2.45) is 11.7 Å². The SMILES string of the molecule is COc1ccc(COC2CCC(C)CC2)cc1CN. The normalized spacial score (nSPS) is 23.3. The van der Waals surface area contributed by atoms with Gasteiger partial charge in [-0.05, 0) is 49.3 Å². The molecule has 0 saturated heterocycles. The van der Waals surface area contributed by atoms with Crippen LogP contribution in [0.15, 0.2) is 18.2 Å². The Morgan fingerprint density at radius 2 is 1.95 bits per heavy atom. The van der Waals surface area contributed by atoms with Crippen molar-refractivity contribution < 1.29 is 9.47 Å². The Kier molecular flexibility index (Phi) is 5.23. The van der Waals surface area contributed by atoms with Gasteiger partial charge < -0.3 is 15.2 Å². The van der Waals surface area contributed by atoms with E-state index in [9.17, 15) is 0 Å². The molecule has 0 aliphatic heterocycles. The van der Waals surface area contributed by atoms with Crippen LogP contribution >= 0.6 is 0 Å². The van der Waals surface area contributed by atoms with Crippen LogP contribution in [-0.4, -0.2) is 13.2 Å². The van der Waals surface area contributed by atoms with Gasteiger partial charge in [0.25, 0.3) is 0 Å². The molecule has 1 fully saturated rings. The average Bonchev–Trinajstić information content (AvgIpc) is 2.46. The van der Waals surface area contributed by atoms with E-state index in [1.54, 1.807) is 7.11 Å². The largest absolute Gasteiger partial charge is 0.496 e. The van der Waals surface area contributed by atoms with Crippen molar-refractivity contribution in [3.63, 3.8) is 0 Å². The Morgan fingerprint density at radius 1 is 1.21 bits per heavy atom. The molecule has 1 aliphatic rings. The molecule has 1 aromatic rings. The number of ether oxygens (including phenoxy) is 2. The van der Waals surface area contributed by atoms with E-state index >= 15 is 0 Å². The first kappa shape index (κ1) is 14.4. The van der Waals surface area contributed by atoms with Crippen molar-refractivity contribution >= 4 is 0 Å². The van der Waals surface area contributed by atoms with Crippen LogP contribution in [0.4, 0.5) is 0 Å². The molecule has 0 unspecified atom stereocenters. The standard InChI is InChI=1S/C16H25NO2/c1-12-3-6-15(7-4-12)19-11-13-5-8-16(18-2)14(9-13)10-17/h5,8-9,12,15H,3-4,6-7,10-11,17H2,1-2H3. The van der Waals surface area contributed by atoms with Gasteiger partial charge in [0.05, 0.1) is 19.8 Å². The minimum Gasteiger partial charge on any atom is -0.496 e. The van der Waals surface area contributed by atoms with Gasteiger partial charge in [-0.3, -0.25) is 0 Å². The minimum atomic E-state index is 0.430. The summed E-state index contributed by atoms with van der Waals surface area (Å²) < 4.78 is 11.3. The molecule has 0 radical (unpaired) electrons. The Hall–Kier alpha value is -1.06.